The Morgan fingerprint density at radius 1 is 1.04 bits per heavy atom. The fourth-order valence-electron chi connectivity index (χ4n) is 3.85. The molecule has 1 aromatic heterocycles. The molecule has 1 aliphatic heterocycles. The number of aromatic nitrogens is 2. The molecule has 0 unspecified atom stereocenters. The van der Waals surface area contributed by atoms with E-state index < -0.39 is 11.0 Å². The predicted molar refractivity (Wildman–Crippen MR) is 105 cm³/mol. The highest BCUT2D eigenvalue weighted by Gasteiger charge is 2.45. The largest absolute Gasteiger partial charge is 0.283 e. The molecular weight excluding hydrogens is 325 g/mol. The van der Waals surface area contributed by atoms with Crippen molar-refractivity contribution >= 4 is 16.9 Å². The molecule has 26 heavy (non-hydrogen) atoms. The number of hydrogen-bond acceptors (Lipinski definition) is 2. The number of nitrogens with zero attached hydrogens (tertiary/aromatic N) is 3. The van der Waals surface area contributed by atoms with Gasteiger partial charge in [0.15, 0.2) is 0 Å². The molecule has 0 amide bonds. The average Bonchev–Trinajstić information content (AvgIpc) is 3.02. The smallest absolute Gasteiger partial charge is 0.141 e. The summed E-state index contributed by atoms with van der Waals surface area (Å²) in [6.07, 6.45) is 2.73. The predicted octanol–water partition coefficient (Wildman–Crippen LogP) is 5.10. The third-order valence-corrected chi connectivity index (χ3v) is 6.06. The number of imidazole rings is 1. The van der Waals surface area contributed by atoms with Gasteiger partial charge in [-0.2, -0.15) is 0 Å². The molecule has 0 radical (unpaired) electrons. The standard InChI is InChI=1S/C22H24FN3/c1-6-14-9-7-12-17-19(14)24-13-26(17)20-15-10-8-11-16(23)18(15)21(2,3)22(4,5)25-20/h7-13H,6H2,1-5H3. The number of aryl methyl sites for hydroxylation is 1. The summed E-state index contributed by atoms with van der Waals surface area (Å²) in [6, 6.07) is 11.5. The summed E-state index contributed by atoms with van der Waals surface area (Å²) >= 11 is 0. The molecule has 0 bridgehead atoms. The first-order chi connectivity index (χ1) is 12.3. The third kappa shape index (κ3) is 2.17. The maximum absolute atomic E-state index is 14.9. The molecule has 2 heterocycles. The number of para-hydroxylation sites is 1. The molecule has 4 heteroatoms. The van der Waals surface area contributed by atoms with Crippen molar-refractivity contribution in [2.45, 2.75) is 52.0 Å². The van der Waals surface area contributed by atoms with Gasteiger partial charge in [0.05, 0.1) is 16.6 Å². The van der Waals surface area contributed by atoms with Gasteiger partial charge in [-0.3, -0.25) is 9.56 Å². The Morgan fingerprint density at radius 3 is 2.50 bits per heavy atom. The van der Waals surface area contributed by atoms with Crippen LogP contribution in [0.4, 0.5) is 4.39 Å². The van der Waals surface area contributed by atoms with Gasteiger partial charge in [-0.05, 0) is 38.0 Å². The van der Waals surface area contributed by atoms with Crippen LogP contribution in [-0.4, -0.2) is 20.9 Å². The summed E-state index contributed by atoms with van der Waals surface area (Å²) in [6.45, 7) is 10.4. The first-order valence-corrected chi connectivity index (χ1v) is 9.12. The zero-order valence-corrected chi connectivity index (χ0v) is 16.0. The van der Waals surface area contributed by atoms with Crippen LogP contribution in [0.3, 0.4) is 0 Å². The van der Waals surface area contributed by atoms with Gasteiger partial charge in [-0.1, -0.05) is 45.0 Å². The normalized spacial score (nSPS) is 17.8. The number of hydrogen-bond donors (Lipinski definition) is 0. The number of rotatable bonds is 1. The molecular formula is C22H24FN3. The van der Waals surface area contributed by atoms with Crippen molar-refractivity contribution in [3.8, 4) is 0 Å². The van der Waals surface area contributed by atoms with Gasteiger partial charge in [0.2, 0.25) is 0 Å². The lowest BCUT2D eigenvalue weighted by Crippen LogP contribution is -2.47. The Hall–Kier alpha value is -2.49. The van der Waals surface area contributed by atoms with Crippen LogP contribution in [0.1, 0.15) is 51.3 Å². The van der Waals surface area contributed by atoms with Crippen molar-refractivity contribution in [1.29, 1.82) is 0 Å². The van der Waals surface area contributed by atoms with Gasteiger partial charge < -0.3 is 0 Å². The second kappa shape index (κ2) is 5.50. The van der Waals surface area contributed by atoms with Gasteiger partial charge in [0.1, 0.15) is 18.0 Å². The minimum absolute atomic E-state index is 0.174. The van der Waals surface area contributed by atoms with Crippen LogP contribution in [0.5, 0.6) is 0 Å². The molecule has 0 aliphatic carbocycles. The fourth-order valence-corrected chi connectivity index (χ4v) is 3.85. The maximum Gasteiger partial charge on any atom is 0.141 e. The van der Waals surface area contributed by atoms with Crippen LogP contribution in [0.2, 0.25) is 0 Å². The van der Waals surface area contributed by atoms with E-state index in [1.165, 1.54) is 5.56 Å². The first-order valence-electron chi connectivity index (χ1n) is 9.12. The van der Waals surface area contributed by atoms with E-state index in [2.05, 4.69) is 51.7 Å². The lowest BCUT2D eigenvalue weighted by Gasteiger charge is -2.44. The van der Waals surface area contributed by atoms with Gasteiger partial charge in [-0.25, -0.2) is 9.37 Å². The average molecular weight is 349 g/mol. The highest BCUT2D eigenvalue weighted by molar-refractivity contribution is 6.07. The van der Waals surface area contributed by atoms with E-state index in [-0.39, 0.29) is 5.82 Å². The van der Waals surface area contributed by atoms with Crippen LogP contribution in [0, 0.1) is 5.82 Å². The molecule has 3 nitrogen and oxygen atoms in total. The third-order valence-electron chi connectivity index (χ3n) is 6.06. The van der Waals surface area contributed by atoms with E-state index in [1.54, 1.807) is 12.1 Å². The van der Waals surface area contributed by atoms with Gasteiger partial charge in [-0.15, -0.1) is 0 Å². The summed E-state index contributed by atoms with van der Waals surface area (Å²) in [4.78, 5) is 9.70. The Bertz CT molecular complexity index is 1040. The zero-order chi connectivity index (χ0) is 18.7. The summed E-state index contributed by atoms with van der Waals surface area (Å²) in [5.74, 6) is 0.589. The summed E-state index contributed by atoms with van der Waals surface area (Å²) < 4.78 is 16.9. The molecule has 0 fully saturated rings. The van der Waals surface area contributed by atoms with Crippen molar-refractivity contribution in [2.75, 3.05) is 0 Å². The fraction of sp³-hybridized carbons (Fsp3) is 0.364. The summed E-state index contributed by atoms with van der Waals surface area (Å²) in [5, 5.41) is 0. The second-order valence-electron chi connectivity index (χ2n) is 8.03. The first kappa shape index (κ1) is 17.0. The Morgan fingerprint density at radius 2 is 1.77 bits per heavy atom. The summed E-state index contributed by atoms with van der Waals surface area (Å²) in [5.41, 5.74) is 3.90. The zero-order valence-electron chi connectivity index (χ0n) is 16.0. The van der Waals surface area contributed by atoms with E-state index in [0.29, 0.717) is 0 Å². The molecule has 0 spiro atoms. The summed E-state index contributed by atoms with van der Waals surface area (Å²) in [7, 11) is 0. The number of fused-ring (bicyclic) bond motifs is 2. The lowest BCUT2D eigenvalue weighted by molar-refractivity contribution is 0.292. The van der Waals surface area contributed by atoms with Crippen LogP contribution < -0.4 is 0 Å². The topological polar surface area (TPSA) is 30.2 Å². The van der Waals surface area contributed by atoms with Crippen molar-refractivity contribution < 1.29 is 4.39 Å². The van der Waals surface area contributed by atoms with E-state index >= 15 is 0 Å². The number of halogens is 1. The molecule has 0 atom stereocenters. The quantitative estimate of drug-likeness (QED) is 0.601. The lowest BCUT2D eigenvalue weighted by atomic mass is 9.66. The Labute approximate surface area is 153 Å². The molecule has 0 N–H and O–H groups in total. The van der Waals surface area contributed by atoms with Crippen LogP contribution in [0.15, 0.2) is 47.7 Å². The van der Waals surface area contributed by atoms with E-state index in [0.717, 1.165) is 34.4 Å². The Balaban J connectivity index is 2.05. The number of aliphatic imine (C=N–C) groups is 1. The van der Waals surface area contributed by atoms with Crippen LogP contribution >= 0.6 is 0 Å². The van der Waals surface area contributed by atoms with Crippen LogP contribution in [-0.2, 0) is 11.8 Å². The molecule has 4 rings (SSSR count). The second-order valence-corrected chi connectivity index (χ2v) is 8.03. The molecule has 0 saturated carbocycles. The molecule has 2 aromatic carbocycles. The minimum atomic E-state index is -0.448. The minimum Gasteiger partial charge on any atom is -0.283 e. The highest BCUT2D eigenvalue weighted by atomic mass is 19.1. The molecule has 0 saturated heterocycles. The van der Waals surface area contributed by atoms with E-state index in [9.17, 15) is 4.39 Å². The molecule has 3 aromatic rings. The van der Waals surface area contributed by atoms with Crippen LogP contribution in [0.25, 0.3) is 11.0 Å². The van der Waals surface area contributed by atoms with Crippen molar-refractivity contribution in [3.05, 3.63) is 65.2 Å². The molecule has 1 aliphatic rings. The van der Waals surface area contributed by atoms with Gasteiger partial charge in [0.25, 0.3) is 0 Å². The van der Waals surface area contributed by atoms with Crippen molar-refractivity contribution in [3.63, 3.8) is 0 Å². The highest BCUT2D eigenvalue weighted by Crippen LogP contribution is 2.44. The van der Waals surface area contributed by atoms with Gasteiger partial charge >= 0.3 is 0 Å². The van der Waals surface area contributed by atoms with Crippen molar-refractivity contribution in [1.82, 2.24) is 9.55 Å². The monoisotopic (exact) mass is 349 g/mol. The maximum atomic E-state index is 14.9. The van der Waals surface area contributed by atoms with Gasteiger partial charge in [0, 0.05) is 16.5 Å². The van der Waals surface area contributed by atoms with Crippen molar-refractivity contribution in [2.24, 2.45) is 4.99 Å². The Kier molecular flexibility index (Phi) is 3.59. The SMILES string of the molecule is CCc1cccc2c1ncn2C1=NC(C)(C)C(C)(C)c2c(F)cccc21. The number of benzene rings is 2. The molecule has 134 valence electrons. The van der Waals surface area contributed by atoms with E-state index in [1.807, 2.05) is 23.0 Å². The van der Waals surface area contributed by atoms with E-state index in [4.69, 9.17) is 4.99 Å².